The van der Waals surface area contributed by atoms with Gasteiger partial charge in [0.15, 0.2) is 5.96 Å². The van der Waals surface area contributed by atoms with Gasteiger partial charge >= 0.3 is 0 Å². The molecule has 0 saturated carbocycles. The molecule has 1 aliphatic rings. The van der Waals surface area contributed by atoms with Crippen molar-refractivity contribution in [2.24, 2.45) is 10.7 Å². The van der Waals surface area contributed by atoms with Gasteiger partial charge in [0.25, 0.3) is 0 Å². The van der Waals surface area contributed by atoms with Crippen molar-refractivity contribution in [3.8, 4) is 0 Å². The van der Waals surface area contributed by atoms with E-state index in [-0.39, 0.29) is 11.5 Å². The molecule has 2 rings (SSSR count). The number of hydrogen-bond donors (Lipinski definition) is 2. The highest BCUT2D eigenvalue weighted by Crippen LogP contribution is 2.25. The number of nitrogens with zero attached hydrogens (tertiary/aromatic N) is 1. The predicted octanol–water partition coefficient (Wildman–Crippen LogP) is 2.70. The molecule has 1 fully saturated rings. The van der Waals surface area contributed by atoms with E-state index in [1.165, 1.54) is 0 Å². The van der Waals surface area contributed by atoms with E-state index in [9.17, 15) is 0 Å². The summed E-state index contributed by atoms with van der Waals surface area (Å²) in [5.41, 5.74) is 6.97. The number of aliphatic imine (C=N–C) groups is 1. The molecule has 116 valence electrons. The maximum absolute atomic E-state index is 6.05. The van der Waals surface area contributed by atoms with E-state index in [0.717, 1.165) is 36.6 Å². The third-order valence-corrected chi connectivity index (χ3v) is 4.02. The minimum atomic E-state index is -0.110. The summed E-state index contributed by atoms with van der Waals surface area (Å²) >= 11 is 6.05. The van der Waals surface area contributed by atoms with Crippen LogP contribution < -0.4 is 11.1 Å². The topological polar surface area (TPSA) is 59.6 Å². The van der Waals surface area contributed by atoms with Crippen molar-refractivity contribution < 1.29 is 4.74 Å². The van der Waals surface area contributed by atoms with E-state index in [1.807, 2.05) is 18.2 Å². The number of guanidine groups is 1. The molecule has 1 aliphatic heterocycles. The Morgan fingerprint density at radius 1 is 1.52 bits per heavy atom. The first-order valence-corrected chi connectivity index (χ1v) is 7.76. The van der Waals surface area contributed by atoms with Crippen LogP contribution in [0.3, 0.4) is 0 Å². The molecule has 1 aromatic rings. The summed E-state index contributed by atoms with van der Waals surface area (Å²) in [5.74, 6) is 0.473. The van der Waals surface area contributed by atoms with Crippen LogP contribution in [0.25, 0.3) is 0 Å². The second-order valence-electron chi connectivity index (χ2n) is 6.11. The van der Waals surface area contributed by atoms with Gasteiger partial charge in [-0.1, -0.05) is 37.6 Å². The van der Waals surface area contributed by atoms with Gasteiger partial charge in [-0.05, 0) is 30.5 Å². The Balaban J connectivity index is 1.88. The quantitative estimate of drug-likeness (QED) is 0.649. The normalized spacial score (nSPS) is 19.8. The Hall–Kier alpha value is -1.26. The zero-order chi connectivity index (χ0) is 15.3. The van der Waals surface area contributed by atoms with Gasteiger partial charge in [0.2, 0.25) is 0 Å². The van der Waals surface area contributed by atoms with E-state index < -0.39 is 0 Å². The number of halogens is 1. The summed E-state index contributed by atoms with van der Waals surface area (Å²) in [6, 6.07) is 7.88. The Kier molecular flexibility index (Phi) is 5.48. The van der Waals surface area contributed by atoms with Crippen molar-refractivity contribution in [3.05, 3.63) is 34.9 Å². The molecule has 0 bridgehead atoms. The molecule has 0 aliphatic carbocycles. The van der Waals surface area contributed by atoms with Crippen molar-refractivity contribution in [1.29, 1.82) is 0 Å². The lowest BCUT2D eigenvalue weighted by Crippen LogP contribution is -2.38. The van der Waals surface area contributed by atoms with Crippen LogP contribution in [0, 0.1) is 0 Å². The van der Waals surface area contributed by atoms with Crippen molar-refractivity contribution in [2.75, 3.05) is 19.7 Å². The van der Waals surface area contributed by atoms with Crippen LogP contribution in [0.1, 0.15) is 32.3 Å². The SMILES string of the molecule is CC(C)(CN=C(N)NCC1CCCO1)c1cccc(Cl)c1. The number of benzene rings is 1. The Morgan fingerprint density at radius 3 is 3.00 bits per heavy atom. The molecule has 1 atom stereocenters. The van der Waals surface area contributed by atoms with Gasteiger partial charge in [-0.3, -0.25) is 4.99 Å². The Labute approximate surface area is 131 Å². The monoisotopic (exact) mass is 309 g/mol. The lowest BCUT2D eigenvalue weighted by atomic mass is 9.85. The molecule has 4 nitrogen and oxygen atoms in total. The first-order valence-electron chi connectivity index (χ1n) is 7.39. The van der Waals surface area contributed by atoms with Crippen LogP contribution in [-0.2, 0) is 10.2 Å². The number of nitrogens with two attached hydrogens (primary N) is 1. The molecular formula is C16H24ClN3O. The molecule has 0 radical (unpaired) electrons. The third kappa shape index (κ3) is 4.90. The van der Waals surface area contributed by atoms with Crippen LogP contribution in [0.2, 0.25) is 5.02 Å². The van der Waals surface area contributed by atoms with E-state index >= 15 is 0 Å². The summed E-state index contributed by atoms with van der Waals surface area (Å²) < 4.78 is 5.54. The van der Waals surface area contributed by atoms with Crippen molar-refractivity contribution in [2.45, 2.75) is 38.2 Å². The third-order valence-electron chi connectivity index (χ3n) is 3.79. The molecule has 3 N–H and O–H groups in total. The van der Waals surface area contributed by atoms with Gasteiger partial charge in [-0.2, -0.15) is 0 Å². The first-order chi connectivity index (χ1) is 9.97. The Morgan fingerprint density at radius 2 is 2.33 bits per heavy atom. The van der Waals surface area contributed by atoms with Crippen LogP contribution in [0.5, 0.6) is 0 Å². The van der Waals surface area contributed by atoms with E-state index in [1.54, 1.807) is 0 Å². The second-order valence-corrected chi connectivity index (χ2v) is 6.55. The van der Waals surface area contributed by atoms with Crippen LogP contribution >= 0.6 is 11.6 Å². The fourth-order valence-corrected chi connectivity index (χ4v) is 2.55. The smallest absolute Gasteiger partial charge is 0.188 e. The van der Waals surface area contributed by atoms with Crippen molar-refractivity contribution >= 4 is 17.6 Å². The average Bonchev–Trinajstić information content (AvgIpc) is 2.96. The zero-order valence-corrected chi connectivity index (χ0v) is 13.5. The largest absolute Gasteiger partial charge is 0.376 e. The Bertz CT molecular complexity index is 496. The first kappa shape index (κ1) is 16.1. The molecule has 21 heavy (non-hydrogen) atoms. The molecule has 0 spiro atoms. The molecule has 1 unspecified atom stereocenters. The maximum atomic E-state index is 6.05. The molecule has 0 amide bonds. The number of hydrogen-bond acceptors (Lipinski definition) is 2. The fraction of sp³-hybridized carbons (Fsp3) is 0.562. The average molecular weight is 310 g/mol. The standard InChI is InChI=1S/C16H24ClN3O/c1-16(2,12-5-3-6-13(17)9-12)11-20-15(18)19-10-14-7-4-8-21-14/h3,5-6,9,14H,4,7-8,10-11H2,1-2H3,(H3,18,19,20). The summed E-state index contributed by atoms with van der Waals surface area (Å²) in [6.45, 7) is 6.46. The maximum Gasteiger partial charge on any atom is 0.188 e. The highest BCUT2D eigenvalue weighted by atomic mass is 35.5. The van der Waals surface area contributed by atoms with Crippen LogP contribution in [0.15, 0.2) is 29.3 Å². The van der Waals surface area contributed by atoms with Gasteiger partial charge in [0.1, 0.15) is 0 Å². The van der Waals surface area contributed by atoms with Gasteiger partial charge in [0.05, 0.1) is 12.6 Å². The predicted molar refractivity (Wildman–Crippen MR) is 87.9 cm³/mol. The van der Waals surface area contributed by atoms with Crippen LogP contribution in [-0.4, -0.2) is 31.8 Å². The van der Waals surface area contributed by atoms with Gasteiger partial charge in [-0.25, -0.2) is 0 Å². The van der Waals surface area contributed by atoms with E-state index in [2.05, 4.69) is 30.2 Å². The molecule has 1 heterocycles. The van der Waals surface area contributed by atoms with Crippen molar-refractivity contribution in [1.82, 2.24) is 5.32 Å². The molecular weight excluding hydrogens is 286 g/mol. The summed E-state index contributed by atoms with van der Waals surface area (Å²) in [4.78, 5) is 4.45. The number of rotatable bonds is 5. The minimum absolute atomic E-state index is 0.110. The summed E-state index contributed by atoms with van der Waals surface area (Å²) in [6.07, 6.45) is 2.49. The highest BCUT2D eigenvalue weighted by molar-refractivity contribution is 6.30. The van der Waals surface area contributed by atoms with Gasteiger partial charge < -0.3 is 15.8 Å². The number of nitrogens with one attached hydrogen (secondary N) is 1. The highest BCUT2D eigenvalue weighted by Gasteiger charge is 2.21. The fourth-order valence-electron chi connectivity index (χ4n) is 2.36. The van der Waals surface area contributed by atoms with Crippen molar-refractivity contribution in [3.63, 3.8) is 0 Å². The molecule has 1 saturated heterocycles. The lowest BCUT2D eigenvalue weighted by Gasteiger charge is -2.23. The van der Waals surface area contributed by atoms with Gasteiger partial charge in [-0.15, -0.1) is 0 Å². The molecule has 1 aromatic carbocycles. The lowest BCUT2D eigenvalue weighted by molar-refractivity contribution is 0.114. The number of ether oxygens (including phenoxy) is 1. The summed E-state index contributed by atoms with van der Waals surface area (Å²) in [5, 5.41) is 3.88. The summed E-state index contributed by atoms with van der Waals surface area (Å²) in [7, 11) is 0. The second kappa shape index (κ2) is 7.14. The molecule has 0 aromatic heterocycles. The zero-order valence-electron chi connectivity index (χ0n) is 12.7. The van der Waals surface area contributed by atoms with E-state index in [4.69, 9.17) is 22.1 Å². The minimum Gasteiger partial charge on any atom is -0.376 e. The van der Waals surface area contributed by atoms with Crippen LogP contribution in [0.4, 0.5) is 0 Å². The van der Waals surface area contributed by atoms with Gasteiger partial charge in [0, 0.05) is 23.6 Å². The van der Waals surface area contributed by atoms with E-state index in [0.29, 0.717) is 12.5 Å². The molecule has 5 heteroatoms.